The highest BCUT2D eigenvalue weighted by atomic mass is 35.5. The van der Waals surface area contributed by atoms with Gasteiger partial charge >= 0.3 is 0 Å². The largest absolute Gasteiger partial charge is 0.298 e. The van der Waals surface area contributed by atoms with Crippen molar-refractivity contribution in [3.05, 3.63) is 0 Å². The van der Waals surface area contributed by atoms with Gasteiger partial charge < -0.3 is 0 Å². The molecule has 1 saturated carbocycles. The Kier molecular flexibility index (Phi) is 5.45. The molecule has 0 atom stereocenters. The average Bonchev–Trinajstić information content (AvgIpc) is 2.71. The van der Waals surface area contributed by atoms with Gasteiger partial charge in [-0.1, -0.05) is 0 Å². The summed E-state index contributed by atoms with van der Waals surface area (Å²) in [6.45, 7) is 4.47. The van der Waals surface area contributed by atoms with E-state index in [4.69, 9.17) is 5.84 Å². The Morgan fingerprint density at radius 1 is 0.917 bits per heavy atom. The first-order chi connectivity index (χ1) is 4.86. The van der Waals surface area contributed by atoms with Crippen LogP contribution < -0.4 is 5.84 Å². The lowest BCUT2D eigenvalue weighted by Crippen LogP contribution is -2.49. The molecule has 0 bridgehead atoms. The second-order valence-corrected chi connectivity index (χ2v) is 3.30. The van der Waals surface area contributed by atoms with Crippen molar-refractivity contribution in [2.24, 2.45) is 5.84 Å². The Labute approximate surface area is 86.1 Å². The first-order valence-corrected chi connectivity index (χ1v) is 4.10. The first-order valence-electron chi connectivity index (χ1n) is 4.10. The lowest BCUT2D eigenvalue weighted by atomic mass is 10.3. The van der Waals surface area contributed by atoms with Crippen molar-refractivity contribution in [1.29, 1.82) is 0 Å². The molecule has 12 heavy (non-hydrogen) atoms. The van der Waals surface area contributed by atoms with Crippen molar-refractivity contribution in [3.63, 3.8) is 0 Å². The zero-order valence-corrected chi connectivity index (χ0v) is 8.74. The Morgan fingerprint density at radius 2 is 1.42 bits per heavy atom. The van der Waals surface area contributed by atoms with Crippen LogP contribution in [0.25, 0.3) is 0 Å². The zero-order valence-electron chi connectivity index (χ0n) is 7.11. The minimum Gasteiger partial charge on any atom is -0.298 e. The number of hydrazine groups is 1. The Hall–Kier alpha value is 0.460. The molecule has 2 aliphatic rings. The quantitative estimate of drug-likeness (QED) is 0.644. The fourth-order valence-electron chi connectivity index (χ4n) is 1.54. The van der Waals surface area contributed by atoms with Crippen molar-refractivity contribution in [2.75, 3.05) is 26.2 Å². The minimum absolute atomic E-state index is 0. The van der Waals surface area contributed by atoms with Crippen LogP contribution in [0, 0.1) is 0 Å². The highest BCUT2D eigenvalue weighted by Gasteiger charge is 2.30. The van der Waals surface area contributed by atoms with Crippen molar-refractivity contribution >= 4 is 24.8 Å². The highest BCUT2D eigenvalue weighted by molar-refractivity contribution is 5.85. The van der Waals surface area contributed by atoms with Crippen LogP contribution in [0.3, 0.4) is 0 Å². The predicted molar refractivity (Wildman–Crippen MR) is 54.9 cm³/mol. The summed E-state index contributed by atoms with van der Waals surface area (Å²) in [5.41, 5.74) is 0. The maximum Gasteiger partial charge on any atom is 0.0257 e. The fraction of sp³-hybridized carbons (Fsp3) is 1.00. The minimum atomic E-state index is 0. The van der Waals surface area contributed by atoms with Crippen LogP contribution in [0.2, 0.25) is 0 Å². The maximum atomic E-state index is 5.62. The van der Waals surface area contributed by atoms with Gasteiger partial charge in [0, 0.05) is 32.2 Å². The summed E-state index contributed by atoms with van der Waals surface area (Å²) in [5.74, 6) is 5.62. The van der Waals surface area contributed by atoms with Crippen molar-refractivity contribution in [1.82, 2.24) is 9.91 Å². The Bertz CT molecular complexity index is 122. The van der Waals surface area contributed by atoms with E-state index in [2.05, 4.69) is 4.90 Å². The molecular formula is C7H17Cl2N3. The van der Waals surface area contributed by atoms with Crippen LogP contribution in [0.1, 0.15) is 12.8 Å². The SMILES string of the molecule is Cl.Cl.NN1CCN(C2CC2)CC1. The zero-order chi connectivity index (χ0) is 6.97. The van der Waals surface area contributed by atoms with Gasteiger partial charge in [0.25, 0.3) is 0 Å². The van der Waals surface area contributed by atoms with Gasteiger partial charge in [0.05, 0.1) is 0 Å². The number of hydrogen-bond donors (Lipinski definition) is 1. The van der Waals surface area contributed by atoms with Gasteiger partial charge in [0.2, 0.25) is 0 Å². The highest BCUT2D eigenvalue weighted by Crippen LogP contribution is 2.26. The topological polar surface area (TPSA) is 32.5 Å². The summed E-state index contributed by atoms with van der Waals surface area (Å²) >= 11 is 0. The van der Waals surface area contributed by atoms with Gasteiger partial charge in [-0.05, 0) is 12.8 Å². The smallest absolute Gasteiger partial charge is 0.0257 e. The molecule has 1 aliphatic carbocycles. The third-order valence-corrected chi connectivity index (χ3v) is 2.41. The standard InChI is InChI=1S/C7H15N3.2ClH/c8-10-5-3-9(4-6-10)7-1-2-7;;/h7H,1-6,8H2;2*1H. The molecule has 0 unspecified atom stereocenters. The normalized spacial score (nSPS) is 25.8. The molecule has 2 fully saturated rings. The predicted octanol–water partition coefficient (Wildman–Crippen LogP) is 0.484. The van der Waals surface area contributed by atoms with Gasteiger partial charge in [-0.25, -0.2) is 5.01 Å². The van der Waals surface area contributed by atoms with Crippen molar-refractivity contribution in [3.8, 4) is 0 Å². The molecule has 1 aliphatic heterocycles. The second kappa shape index (κ2) is 5.25. The van der Waals surface area contributed by atoms with E-state index in [1.54, 1.807) is 0 Å². The molecule has 5 heteroatoms. The van der Waals surface area contributed by atoms with Gasteiger partial charge in [-0.15, -0.1) is 24.8 Å². The molecule has 0 aromatic carbocycles. The summed E-state index contributed by atoms with van der Waals surface area (Å²) in [6.07, 6.45) is 2.84. The van der Waals surface area contributed by atoms with Gasteiger partial charge in [-0.3, -0.25) is 10.7 Å². The second-order valence-electron chi connectivity index (χ2n) is 3.30. The molecule has 2 N–H and O–H groups in total. The van der Waals surface area contributed by atoms with Crippen LogP contribution in [0.4, 0.5) is 0 Å². The first kappa shape index (κ1) is 12.5. The number of nitrogens with two attached hydrogens (primary N) is 1. The summed E-state index contributed by atoms with van der Waals surface area (Å²) in [7, 11) is 0. The number of nitrogens with zero attached hydrogens (tertiary/aromatic N) is 2. The van der Waals surface area contributed by atoms with Crippen LogP contribution in [-0.4, -0.2) is 42.1 Å². The van der Waals surface area contributed by atoms with Crippen LogP contribution in [0.15, 0.2) is 0 Å². The van der Waals surface area contributed by atoms with E-state index < -0.39 is 0 Å². The monoisotopic (exact) mass is 213 g/mol. The number of piperazine rings is 1. The van der Waals surface area contributed by atoms with Crippen molar-refractivity contribution < 1.29 is 0 Å². The summed E-state index contributed by atoms with van der Waals surface area (Å²) in [4.78, 5) is 2.56. The van der Waals surface area contributed by atoms with E-state index in [0.717, 1.165) is 19.1 Å². The molecule has 1 heterocycles. The molecule has 0 amide bonds. The number of halogens is 2. The molecule has 0 spiro atoms. The van der Waals surface area contributed by atoms with E-state index in [0.29, 0.717) is 0 Å². The molecule has 2 rings (SSSR count). The average molecular weight is 214 g/mol. The van der Waals surface area contributed by atoms with Crippen LogP contribution in [-0.2, 0) is 0 Å². The molecule has 0 radical (unpaired) electrons. The molecule has 0 aromatic heterocycles. The van der Waals surface area contributed by atoms with E-state index in [-0.39, 0.29) is 24.8 Å². The summed E-state index contributed by atoms with van der Waals surface area (Å²) in [6, 6.07) is 0.925. The summed E-state index contributed by atoms with van der Waals surface area (Å²) in [5, 5.41) is 1.92. The van der Waals surface area contributed by atoms with E-state index in [1.165, 1.54) is 25.9 Å². The van der Waals surface area contributed by atoms with Crippen molar-refractivity contribution in [2.45, 2.75) is 18.9 Å². The van der Waals surface area contributed by atoms with E-state index in [1.807, 2.05) is 5.01 Å². The molecular weight excluding hydrogens is 197 g/mol. The number of hydrogen-bond acceptors (Lipinski definition) is 3. The summed E-state index contributed by atoms with van der Waals surface area (Å²) < 4.78 is 0. The van der Waals surface area contributed by atoms with Gasteiger partial charge in [0.1, 0.15) is 0 Å². The third-order valence-electron chi connectivity index (χ3n) is 2.41. The lowest BCUT2D eigenvalue weighted by molar-refractivity contribution is 0.128. The molecule has 0 aromatic rings. The number of rotatable bonds is 1. The van der Waals surface area contributed by atoms with Gasteiger partial charge in [0.15, 0.2) is 0 Å². The van der Waals surface area contributed by atoms with Crippen LogP contribution >= 0.6 is 24.8 Å². The van der Waals surface area contributed by atoms with Gasteiger partial charge in [-0.2, -0.15) is 0 Å². The third kappa shape index (κ3) is 3.07. The molecule has 74 valence electrons. The Balaban J connectivity index is 0.000000605. The molecule has 1 saturated heterocycles. The maximum absolute atomic E-state index is 5.62. The van der Waals surface area contributed by atoms with E-state index >= 15 is 0 Å². The lowest BCUT2D eigenvalue weighted by Gasteiger charge is -2.31. The molecule has 3 nitrogen and oxygen atoms in total. The van der Waals surface area contributed by atoms with E-state index in [9.17, 15) is 0 Å². The fourth-order valence-corrected chi connectivity index (χ4v) is 1.54. The van der Waals surface area contributed by atoms with Crippen LogP contribution in [0.5, 0.6) is 0 Å². The Morgan fingerprint density at radius 3 is 1.83 bits per heavy atom.